The molecule has 0 saturated carbocycles. The number of amides is 1. The van der Waals surface area contributed by atoms with E-state index in [2.05, 4.69) is 31.2 Å². The smallest absolute Gasteiger partial charge is 0.321 e. The molecule has 3 N–H and O–H groups in total. The van der Waals surface area contributed by atoms with Gasteiger partial charge in [-0.3, -0.25) is 4.79 Å². The molecule has 2 rings (SSSR count). The number of aromatic nitrogens is 2. The van der Waals surface area contributed by atoms with Gasteiger partial charge in [0.05, 0.1) is 10.5 Å². The number of aromatic amines is 2. The normalized spacial score (nSPS) is 12.1. The summed E-state index contributed by atoms with van der Waals surface area (Å²) in [6, 6.07) is 9.06. The van der Waals surface area contributed by atoms with Crippen LogP contribution in [0.4, 0.5) is 5.69 Å². The van der Waals surface area contributed by atoms with E-state index in [-0.39, 0.29) is 16.4 Å². The van der Waals surface area contributed by atoms with Crippen molar-refractivity contribution >= 4 is 27.5 Å². The van der Waals surface area contributed by atoms with Gasteiger partial charge in [-0.1, -0.05) is 34.1 Å². The number of carbonyl (C=O) groups excluding carboxylic acids is 1. The number of H-pyrrole nitrogens is 2. The average molecular weight is 310 g/mol. The van der Waals surface area contributed by atoms with Gasteiger partial charge in [0, 0.05) is 5.69 Å². The molecule has 1 heterocycles. The summed E-state index contributed by atoms with van der Waals surface area (Å²) in [6.07, 6.45) is 0. The number of hydrogen-bond donors (Lipinski definition) is 3. The molecule has 18 heavy (non-hydrogen) atoms. The Bertz CT molecular complexity index is 601. The third kappa shape index (κ3) is 2.70. The molecule has 1 unspecified atom stereocenters. The van der Waals surface area contributed by atoms with Crippen LogP contribution in [0.25, 0.3) is 0 Å². The number of anilines is 1. The van der Waals surface area contributed by atoms with Crippen LogP contribution in [0.5, 0.6) is 0 Å². The number of para-hydroxylation sites is 1. The molecular weight excluding hydrogens is 298 g/mol. The van der Waals surface area contributed by atoms with Crippen LogP contribution in [0.1, 0.15) is 27.9 Å². The fraction of sp³-hybridized carbons (Fsp3) is 0.167. The highest BCUT2D eigenvalue weighted by Gasteiger charge is 2.18. The van der Waals surface area contributed by atoms with E-state index >= 15 is 0 Å². The minimum atomic E-state index is -0.394. The van der Waals surface area contributed by atoms with Crippen LogP contribution >= 0.6 is 15.9 Å². The molecule has 0 aliphatic rings. The van der Waals surface area contributed by atoms with Crippen molar-refractivity contribution in [1.29, 1.82) is 0 Å². The Hall–Kier alpha value is -1.82. The summed E-state index contributed by atoms with van der Waals surface area (Å²) < 4.78 is 0. The number of halogens is 1. The molecule has 1 aromatic carbocycles. The monoisotopic (exact) mass is 309 g/mol. The Kier molecular flexibility index (Phi) is 3.66. The van der Waals surface area contributed by atoms with Crippen LogP contribution in [0.15, 0.2) is 35.1 Å². The second kappa shape index (κ2) is 5.22. The lowest BCUT2D eigenvalue weighted by Crippen LogP contribution is -2.15. The Balaban J connectivity index is 2.27. The van der Waals surface area contributed by atoms with E-state index in [4.69, 9.17) is 0 Å². The molecule has 1 atom stereocenters. The standard InChI is InChI=1S/C12H12BrN3O2/c1-7(13)9-10(16-12(18)15-9)11(17)14-8-5-3-2-4-6-8/h2-7H,1H3,(H,14,17)(H2,15,16,18). The third-order valence-electron chi connectivity index (χ3n) is 2.41. The van der Waals surface area contributed by atoms with E-state index in [0.717, 1.165) is 0 Å². The molecule has 0 aliphatic heterocycles. The Morgan fingerprint density at radius 2 is 1.94 bits per heavy atom. The molecule has 0 bridgehead atoms. The number of benzene rings is 1. The minimum absolute atomic E-state index is 0.118. The highest BCUT2D eigenvalue weighted by Crippen LogP contribution is 2.21. The first-order valence-corrected chi connectivity index (χ1v) is 6.32. The zero-order valence-corrected chi connectivity index (χ0v) is 11.2. The fourth-order valence-corrected chi connectivity index (χ4v) is 1.93. The van der Waals surface area contributed by atoms with Crippen molar-refractivity contribution in [3.05, 3.63) is 52.2 Å². The lowest BCUT2D eigenvalue weighted by Gasteiger charge is -2.06. The Morgan fingerprint density at radius 3 is 2.56 bits per heavy atom. The van der Waals surface area contributed by atoms with Gasteiger partial charge in [0.15, 0.2) is 0 Å². The van der Waals surface area contributed by atoms with Gasteiger partial charge in [0.2, 0.25) is 0 Å². The zero-order chi connectivity index (χ0) is 13.1. The van der Waals surface area contributed by atoms with Crippen molar-refractivity contribution in [2.24, 2.45) is 0 Å². The van der Waals surface area contributed by atoms with E-state index in [1.54, 1.807) is 12.1 Å². The van der Waals surface area contributed by atoms with Crippen LogP contribution in [-0.4, -0.2) is 15.9 Å². The molecule has 0 spiro atoms. The Morgan fingerprint density at radius 1 is 1.28 bits per heavy atom. The van der Waals surface area contributed by atoms with E-state index in [1.165, 1.54) is 0 Å². The van der Waals surface area contributed by atoms with Gasteiger partial charge in [0.1, 0.15) is 5.69 Å². The van der Waals surface area contributed by atoms with Crippen molar-refractivity contribution in [3.8, 4) is 0 Å². The first-order chi connectivity index (χ1) is 8.58. The number of carbonyl (C=O) groups is 1. The predicted molar refractivity (Wildman–Crippen MR) is 73.2 cm³/mol. The summed E-state index contributed by atoms with van der Waals surface area (Å²) in [5, 5.41) is 2.72. The van der Waals surface area contributed by atoms with Gasteiger partial charge >= 0.3 is 5.69 Å². The summed E-state index contributed by atoms with van der Waals surface area (Å²) in [4.78, 5) is 28.3. The van der Waals surface area contributed by atoms with Gasteiger partial charge in [0.25, 0.3) is 5.91 Å². The molecule has 6 heteroatoms. The van der Waals surface area contributed by atoms with Crippen LogP contribution in [-0.2, 0) is 0 Å². The maximum absolute atomic E-state index is 12.0. The summed E-state index contributed by atoms with van der Waals surface area (Å²) in [7, 11) is 0. The van der Waals surface area contributed by atoms with Gasteiger partial charge < -0.3 is 15.3 Å². The highest BCUT2D eigenvalue weighted by molar-refractivity contribution is 9.09. The Labute approximate surface area is 112 Å². The molecular formula is C12H12BrN3O2. The number of nitrogens with one attached hydrogen (secondary N) is 3. The minimum Gasteiger partial charge on any atom is -0.321 e. The average Bonchev–Trinajstić information content (AvgIpc) is 2.73. The highest BCUT2D eigenvalue weighted by atomic mass is 79.9. The number of rotatable bonds is 3. The summed E-state index contributed by atoms with van der Waals surface area (Å²) in [5.74, 6) is -0.346. The maximum atomic E-state index is 12.0. The van der Waals surface area contributed by atoms with Crippen LogP contribution in [0, 0.1) is 0 Å². The number of hydrogen-bond acceptors (Lipinski definition) is 2. The maximum Gasteiger partial charge on any atom is 0.323 e. The second-order valence-electron chi connectivity index (χ2n) is 3.80. The molecule has 0 fully saturated rings. The van der Waals surface area contributed by atoms with Gasteiger partial charge in [-0.25, -0.2) is 4.79 Å². The molecule has 2 aromatic rings. The topological polar surface area (TPSA) is 77.8 Å². The molecule has 1 aromatic heterocycles. The van der Waals surface area contributed by atoms with Gasteiger partial charge in [-0.2, -0.15) is 0 Å². The molecule has 0 saturated heterocycles. The van der Waals surface area contributed by atoms with Crippen LogP contribution in [0.2, 0.25) is 0 Å². The second-order valence-corrected chi connectivity index (χ2v) is 5.18. The zero-order valence-electron chi connectivity index (χ0n) is 9.66. The van der Waals surface area contributed by atoms with Crippen molar-refractivity contribution < 1.29 is 4.79 Å². The largest absolute Gasteiger partial charge is 0.323 e. The third-order valence-corrected chi connectivity index (χ3v) is 2.87. The van der Waals surface area contributed by atoms with Crippen LogP contribution in [0.3, 0.4) is 0 Å². The van der Waals surface area contributed by atoms with Crippen molar-refractivity contribution in [1.82, 2.24) is 9.97 Å². The number of alkyl halides is 1. The van der Waals surface area contributed by atoms with Crippen molar-refractivity contribution in [2.75, 3.05) is 5.32 Å². The molecule has 0 radical (unpaired) electrons. The lowest BCUT2D eigenvalue weighted by atomic mass is 10.2. The molecule has 0 aliphatic carbocycles. The summed E-state index contributed by atoms with van der Waals surface area (Å²) in [5.41, 5.74) is 1.06. The fourth-order valence-electron chi connectivity index (χ4n) is 1.59. The van der Waals surface area contributed by atoms with Crippen molar-refractivity contribution in [2.45, 2.75) is 11.8 Å². The summed E-state index contributed by atoms with van der Waals surface area (Å²) in [6.45, 7) is 1.83. The number of imidazole rings is 1. The van der Waals surface area contributed by atoms with E-state index in [9.17, 15) is 9.59 Å². The van der Waals surface area contributed by atoms with Crippen LogP contribution < -0.4 is 11.0 Å². The molecule has 94 valence electrons. The molecule has 1 amide bonds. The first-order valence-electron chi connectivity index (χ1n) is 5.40. The quantitative estimate of drug-likeness (QED) is 0.761. The summed E-state index contributed by atoms with van der Waals surface area (Å²) >= 11 is 3.33. The van der Waals surface area contributed by atoms with Gasteiger partial charge in [-0.15, -0.1) is 0 Å². The van der Waals surface area contributed by atoms with E-state index in [0.29, 0.717) is 11.4 Å². The van der Waals surface area contributed by atoms with E-state index < -0.39 is 5.69 Å². The lowest BCUT2D eigenvalue weighted by molar-refractivity contribution is 0.102. The molecule has 5 nitrogen and oxygen atoms in total. The predicted octanol–water partition coefficient (Wildman–Crippen LogP) is 2.41. The van der Waals surface area contributed by atoms with Crippen molar-refractivity contribution in [3.63, 3.8) is 0 Å². The van der Waals surface area contributed by atoms with Gasteiger partial charge in [-0.05, 0) is 19.1 Å². The SMILES string of the molecule is CC(Br)c1[nH]c(=O)[nH]c1C(=O)Nc1ccccc1. The van der Waals surface area contributed by atoms with E-state index in [1.807, 2.05) is 25.1 Å². The first kappa shape index (κ1) is 12.6.